The van der Waals surface area contributed by atoms with Crippen molar-refractivity contribution in [1.82, 2.24) is 4.90 Å². The van der Waals surface area contributed by atoms with Crippen molar-refractivity contribution in [2.45, 2.75) is 51.7 Å². The third-order valence-electron chi connectivity index (χ3n) is 5.06. The lowest BCUT2D eigenvalue weighted by Gasteiger charge is -2.29. The van der Waals surface area contributed by atoms with Crippen LogP contribution in [-0.2, 0) is 4.74 Å². The maximum Gasteiger partial charge on any atom is 0.410 e. The average Bonchev–Trinajstić information content (AvgIpc) is 2.71. The van der Waals surface area contributed by atoms with Gasteiger partial charge in [-0.05, 0) is 26.7 Å². The van der Waals surface area contributed by atoms with Gasteiger partial charge in [-0.3, -0.25) is 0 Å². The largest absolute Gasteiger partial charge is 0.447 e. The molecule has 0 aliphatic carbocycles. The van der Waals surface area contributed by atoms with Crippen molar-refractivity contribution in [2.24, 2.45) is 5.73 Å². The Balaban J connectivity index is 0.000000343. The van der Waals surface area contributed by atoms with Gasteiger partial charge in [-0.2, -0.15) is 13.5 Å². The van der Waals surface area contributed by atoms with Gasteiger partial charge in [-0.25, -0.2) is 18.4 Å². The van der Waals surface area contributed by atoms with E-state index in [4.69, 9.17) is 15.9 Å². The van der Waals surface area contributed by atoms with Crippen LogP contribution in [0.5, 0.6) is 0 Å². The van der Waals surface area contributed by atoms with Crippen molar-refractivity contribution in [3.8, 4) is 0 Å². The van der Waals surface area contributed by atoms with Crippen LogP contribution >= 0.6 is 13.5 Å². The molecule has 1 aromatic rings. The van der Waals surface area contributed by atoms with Crippen molar-refractivity contribution >= 4 is 42.7 Å². The molecule has 9 nitrogen and oxygen atoms in total. The molecule has 12 heteroatoms. The van der Waals surface area contributed by atoms with Gasteiger partial charge in [0.05, 0.1) is 23.6 Å². The van der Waals surface area contributed by atoms with Crippen LogP contribution in [0.1, 0.15) is 39.5 Å². The molecule has 186 valence electrons. The summed E-state index contributed by atoms with van der Waals surface area (Å²) in [7, 11) is 0. The van der Waals surface area contributed by atoms with Crippen LogP contribution in [0.2, 0.25) is 0 Å². The van der Waals surface area contributed by atoms with E-state index in [1.54, 1.807) is 9.80 Å². The molecule has 2 aliphatic rings. The van der Waals surface area contributed by atoms with Crippen LogP contribution < -0.4 is 16.0 Å². The van der Waals surface area contributed by atoms with Crippen LogP contribution in [0.15, 0.2) is 12.1 Å². The SMILES string of the molecule is CC(C)OC(=O)N1CCC(O)CC1.N=C1CCN(c2cc(F)c(NC(N)=O)cc2F)CC1.S. The van der Waals surface area contributed by atoms with E-state index in [2.05, 4.69) is 0 Å². The number of nitrogens with two attached hydrogens (primary N) is 1. The standard InChI is InChI=1S/C12H14F2N4O.C9H17NO3.H2S/c13-8-6-11(18-3-1-7(15)2-4-18)9(14)5-10(8)17-12(16)19;1-7(2)13-9(12)10-5-3-8(11)4-6-10;/h5-6,15H,1-4H2,(H3,16,17,19);7-8,11H,3-6H2,1-2H3;1H2. The predicted octanol–water partition coefficient (Wildman–Crippen LogP) is 3.18. The van der Waals surface area contributed by atoms with Crippen LogP contribution in [0.3, 0.4) is 0 Å². The van der Waals surface area contributed by atoms with Gasteiger partial charge in [0.15, 0.2) is 0 Å². The Morgan fingerprint density at radius 2 is 1.73 bits per heavy atom. The highest BCUT2D eigenvalue weighted by Crippen LogP contribution is 2.27. The second-order valence-electron chi connectivity index (χ2n) is 8.01. The summed E-state index contributed by atoms with van der Waals surface area (Å²) in [6.45, 7) is 5.84. The van der Waals surface area contributed by atoms with E-state index in [1.165, 1.54) is 0 Å². The summed E-state index contributed by atoms with van der Waals surface area (Å²) in [6.07, 6.45) is 1.83. The van der Waals surface area contributed by atoms with Crippen molar-refractivity contribution in [3.63, 3.8) is 0 Å². The molecule has 0 bridgehead atoms. The number of primary amides is 1. The monoisotopic (exact) mass is 489 g/mol. The highest BCUT2D eigenvalue weighted by Gasteiger charge is 2.23. The molecule has 2 aliphatic heterocycles. The second-order valence-corrected chi connectivity index (χ2v) is 8.01. The number of urea groups is 1. The first-order valence-electron chi connectivity index (χ1n) is 10.6. The topological polar surface area (TPSA) is 132 Å². The number of nitrogens with zero attached hydrogens (tertiary/aromatic N) is 2. The first-order chi connectivity index (χ1) is 15.1. The first-order valence-corrected chi connectivity index (χ1v) is 10.6. The maximum absolute atomic E-state index is 13.9. The molecule has 5 N–H and O–H groups in total. The predicted molar refractivity (Wildman–Crippen MR) is 128 cm³/mol. The summed E-state index contributed by atoms with van der Waals surface area (Å²) < 4.78 is 32.7. The Morgan fingerprint density at radius 1 is 1.15 bits per heavy atom. The lowest BCUT2D eigenvalue weighted by Crippen LogP contribution is -2.41. The Hall–Kier alpha value is -2.60. The van der Waals surface area contributed by atoms with Crippen LogP contribution in [0.4, 0.5) is 29.7 Å². The number of halogens is 2. The lowest BCUT2D eigenvalue weighted by atomic mass is 10.1. The van der Waals surface area contributed by atoms with Gasteiger partial charge in [-0.1, -0.05) is 0 Å². The van der Waals surface area contributed by atoms with E-state index >= 15 is 0 Å². The van der Waals surface area contributed by atoms with E-state index < -0.39 is 17.7 Å². The van der Waals surface area contributed by atoms with Crippen LogP contribution in [0, 0.1) is 17.0 Å². The first kappa shape index (κ1) is 28.4. The number of hydrogen-bond donors (Lipinski definition) is 4. The Labute approximate surface area is 199 Å². The van der Waals surface area contributed by atoms with Gasteiger partial charge in [0.25, 0.3) is 0 Å². The Morgan fingerprint density at radius 3 is 2.24 bits per heavy atom. The zero-order valence-electron chi connectivity index (χ0n) is 18.9. The van der Waals surface area contributed by atoms with Crippen molar-refractivity contribution in [2.75, 3.05) is 36.4 Å². The number of benzene rings is 1. The molecule has 0 aromatic heterocycles. The quantitative estimate of drug-likeness (QED) is 0.518. The summed E-state index contributed by atoms with van der Waals surface area (Å²) in [5.74, 6) is -1.37. The summed E-state index contributed by atoms with van der Waals surface area (Å²) >= 11 is 0. The molecule has 33 heavy (non-hydrogen) atoms. The molecule has 3 amide bonds. The van der Waals surface area contributed by atoms with Gasteiger partial charge in [0.2, 0.25) is 0 Å². The molecule has 0 atom stereocenters. The van der Waals surface area contributed by atoms with Gasteiger partial charge in [0.1, 0.15) is 11.6 Å². The third kappa shape index (κ3) is 9.04. The number of anilines is 2. The van der Waals surface area contributed by atoms with E-state index in [0.29, 0.717) is 57.6 Å². The minimum Gasteiger partial charge on any atom is -0.447 e. The number of likely N-dealkylation sites (tertiary alicyclic amines) is 1. The highest BCUT2D eigenvalue weighted by atomic mass is 32.1. The normalized spacial score (nSPS) is 16.5. The number of rotatable bonds is 3. The van der Waals surface area contributed by atoms with E-state index in [9.17, 15) is 23.5 Å². The molecule has 1 aromatic carbocycles. The van der Waals surface area contributed by atoms with Gasteiger partial charge >= 0.3 is 12.1 Å². The van der Waals surface area contributed by atoms with Crippen molar-refractivity contribution in [1.29, 1.82) is 5.41 Å². The number of piperidine rings is 2. The summed E-state index contributed by atoms with van der Waals surface area (Å²) in [5, 5.41) is 18.7. The van der Waals surface area contributed by atoms with Gasteiger partial charge in [0, 0.05) is 56.9 Å². The number of amides is 3. The fraction of sp³-hybridized carbons (Fsp3) is 0.571. The molecule has 3 rings (SSSR count). The fourth-order valence-electron chi connectivity index (χ4n) is 3.35. The molecule has 2 saturated heterocycles. The van der Waals surface area contributed by atoms with Crippen LogP contribution in [0.25, 0.3) is 0 Å². The maximum atomic E-state index is 13.9. The fourth-order valence-corrected chi connectivity index (χ4v) is 3.35. The molecule has 0 saturated carbocycles. The molecule has 2 heterocycles. The van der Waals surface area contributed by atoms with E-state index in [1.807, 2.05) is 19.2 Å². The summed E-state index contributed by atoms with van der Waals surface area (Å²) in [6, 6.07) is 1.00. The Kier molecular flexibility index (Phi) is 11.4. The third-order valence-corrected chi connectivity index (χ3v) is 5.06. The number of nitrogens with one attached hydrogen (secondary N) is 2. The van der Waals surface area contributed by atoms with Crippen molar-refractivity contribution < 1.29 is 28.2 Å². The van der Waals surface area contributed by atoms with Crippen LogP contribution in [-0.4, -0.2) is 66.2 Å². The number of carbonyl (C=O) groups is 2. The van der Waals surface area contributed by atoms with Gasteiger partial charge < -0.3 is 36.1 Å². The van der Waals surface area contributed by atoms with Gasteiger partial charge in [-0.15, -0.1) is 0 Å². The molecular weight excluding hydrogens is 456 g/mol. The zero-order valence-corrected chi connectivity index (χ0v) is 19.9. The molecular formula is C21H33F2N5O4S. The number of aliphatic hydroxyl groups excluding tert-OH is 1. The molecule has 0 radical (unpaired) electrons. The van der Waals surface area contributed by atoms with E-state index in [0.717, 1.165) is 12.1 Å². The summed E-state index contributed by atoms with van der Waals surface area (Å²) in [4.78, 5) is 25.3. The minimum atomic E-state index is -0.947. The molecule has 0 unspecified atom stereocenters. The number of aliphatic hydroxyl groups is 1. The minimum absolute atomic E-state index is 0. The number of hydrogen-bond acceptors (Lipinski definition) is 6. The number of ether oxygens (including phenoxy) is 1. The lowest BCUT2D eigenvalue weighted by molar-refractivity contribution is 0.0457. The van der Waals surface area contributed by atoms with E-state index in [-0.39, 0.29) is 43.2 Å². The zero-order chi connectivity index (χ0) is 23.8. The van der Waals surface area contributed by atoms with Crippen molar-refractivity contribution in [3.05, 3.63) is 23.8 Å². The Bertz CT molecular complexity index is 825. The number of carbonyl (C=O) groups excluding carboxylic acids is 2. The summed E-state index contributed by atoms with van der Waals surface area (Å²) in [5.41, 5.74) is 5.34. The molecule has 0 spiro atoms. The molecule has 2 fully saturated rings. The highest BCUT2D eigenvalue weighted by molar-refractivity contribution is 7.59. The average molecular weight is 490 g/mol. The second kappa shape index (κ2) is 13.2. The smallest absolute Gasteiger partial charge is 0.410 e.